The van der Waals surface area contributed by atoms with Crippen molar-refractivity contribution >= 4 is 10.9 Å². The number of aromatic amines is 1. The fraction of sp³-hybridized carbons (Fsp3) is 0.385. The summed E-state index contributed by atoms with van der Waals surface area (Å²) in [5.41, 5.74) is 2.70. The number of fused-ring (bicyclic) bond motifs is 1. The van der Waals surface area contributed by atoms with Crippen molar-refractivity contribution in [3.05, 3.63) is 36.0 Å². The third-order valence-electron chi connectivity index (χ3n) is 3.30. The molecule has 2 nitrogen and oxygen atoms in total. The lowest BCUT2D eigenvalue weighted by Crippen LogP contribution is -2.23. The van der Waals surface area contributed by atoms with Crippen LogP contribution in [0.4, 0.5) is 0 Å². The van der Waals surface area contributed by atoms with Gasteiger partial charge >= 0.3 is 0 Å². The molecule has 1 atom stereocenters. The van der Waals surface area contributed by atoms with Gasteiger partial charge in [0.05, 0.1) is 0 Å². The minimum Gasteiger partial charge on any atom is -0.361 e. The van der Waals surface area contributed by atoms with Crippen LogP contribution in [-0.4, -0.2) is 17.6 Å². The lowest BCUT2D eigenvalue weighted by molar-refractivity contribution is 0.605. The lowest BCUT2D eigenvalue weighted by atomic mass is 10.0. The predicted molar refractivity (Wildman–Crippen MR) is 63.0 cm³/mol. The molecule has 3 rings (SSSR count). The van der Waals surface area contributed by atoms with Crippen molar-refractivity contribution in [2.75, 3.05) is 6.54 Å². The summed E-state index contributed by atoms with van der Waals surface area (Å²) in [6.07, 6.45) is 5.96. The highest BCUT2D eigenvalue weighted by atomic mass is 14.9. The molecule has 2 heteroatoms. The fourth-order valence-corrected chi connectivity index (χ4v) is 2.50. The summed E-state index contributed by atoms with van der Waals surface area (Å²) in [4.78, 5) is 3.33. The topological polar surface area (TPSA) is 27.8 Å². The number of para-hydroxylation sites is 1. The maximum absolute atomic E-state index is 3.55. The van der Waals surface area contributed by atoms with Gasteiger partial charge in [-0.05, 0) is 37.4 Å². The third-order valence-corrected chi connectivity index (χ3v) is 3.30. The van der Waals surface area contributed by atoms with E-state index in [9.17, 15) is 0 Å². The van der Waals surface area contributed by atoms with Gasteiger partial charge in [0.15, 0.2) is 0 Å². The minimum atomic E-state index is 0.684. The first-order chi connectivity index (χ1) is 7.43. The summed E-state index contributed by atoms with van der Waals surface area (Å²) >= 11 is 0. The number of benzene rings is 1. The van der Waals surface area contributed by atoms with E-state index in [0.29, 0.717) is 6.04 Å². The molecule has 2 N–H and O–H groups in total. The molecule has 0 saturated carbocycles. The molecule has 1 aliphatic heterocycles. The molecule has 1 fully saturated rings. The second-order valence-electron chi connectivity index (χ2n) is 4.36. The van der Waals surface area contributed by atoms with Gasteiger partial charge in [-0.15, -0.1) is 0 Å². The Kier molecular flexibility index (Phi) is 2.22. The second-order valence-corrected chi connectivity index (χ2v) is 4.36. The number of H-pyrrole nitrogens is 1. The molecule has 1 aromatic heterocycles. The van der Waals surface area contributed by atoms with Gasteiger partial charge in [0.2, 0.25) is 0 Å². The third kappa shape index (κ3) is 1.65. The van der Waals surface area contributed by atoms with E-state index >= 15 is 0 Å². The van der Waals surface area contributed by atoms with E-state index in [-0.39, 0.29) is 0 Å². The Morgan fingerprint density at radius 1 is 1.27 bits per heavy atom. The minimum absolute atomic E-state index is 0.684. The molecule has 0 bridgehead atoms. The van der Waals surface area contributed by atoms with E-state index in [1.54, 1.807) is 0 Å². The molecule has 1 aromatic carbocycles. The summed E-state index contributed by atoms with van der Waals surface area (Å²) in [5.74, 6) is 0. The van der Waals surface area contributed by atoms with Crippen molar-refractivity contribution in [3.8, 4) is 0 Å². The molecule has 2 heterocycles. The van der Waals surface area contributed by atoms with E-state index in [4.69, 9.17) is 0 Å². The first kappa shape index (κ1) is 8.98. The quantitative estimate of drug-likeness (QED) is 0.765. The van der Waals surface area contributed by atoms with Gasteiger partial charge in [0, 0.05) is 23.1 Å². The van der Waals surface area contributed by atoms with E-state index < -0.39 is 0 Å². The normalized spacial score (nSPS) is 21.2. The van der Waals surface area contributed by atoms with Crippen LogP contribution in [0.15, 0.2) is 30.5 Å². The number of rotatable bonds is 2. The Labute approximate surface area is 89.7 Å². The standard InChI is InChI=1S/C13H16N2/c1-2-6-13-12(5-1)10(9-15-13)8-11-4-3-7-14-11/h1-2,5-6,9,11,14-15H,3-4,7-8H2/t11-/m0/s1. The van der Waals surface area contributed by atoms with Gasteiger partial charge in [-0.1, -0.05) is 18.2 Å². The molecule has 1 saturated heterocycles. The van der Waals surface area contributed by atoms with Crippen molar-refractivity contribution in [2.24, 2.45) is 0 Å². The Bertz CT molecular complexity index is 452. The predicted octanol–water partition coefficient (Wildman–Crippen LogP) is 2.46. The van der Waals surface area contributed by atoms with Crippen LogP contribution < -0.4 is 5.32 Å². The highest BCUT2D eigenvalue weighted by Gasteiger charge is 2.15. The van der Waals surface area contributed by atoms with E-state index in [1.807, 2.05) is 0 Å². The smallest absolute Gasteiger partial charge is 0.0456 e. The molecule has 0 aliphatic carbocycles. The van der Waals surface area contributed by atoms with Crippen molar-refractivity contribution in [1.29, 1.82) is 0 Å². The first-order valence-corrected chi connectivity index (χ1v) is 5.72. The molecular formula is C13H16N2. The van der Waals surface area contributed by atoms with Crippen LogP contribution in [0.25, 0.3) is 10.9 Å². The summed E-state index contributed by atoms with van der Waals surface area (Å²) in [6, 6.07) is 9.22. The second kappa shape index (κ2) is 3.70. The van der Waals surface area contributed by atoms with Crippen molar-refractivity contribution in [1.82, 2.24) is 10.3 Å². The van der Waals surface area contributed by atoms with Gasteiger partial charge in [0.1, 0.15) is 0 Å². The largest absolute Gasteiger partial charge is 0.361 e. The van der Waals surface area contributed by atoms with Crippen molar-refractivity contribution in [3.63, 3.8) is 0 Å². The molecule has 1 aliphatic rings. The molecule has 0 amide bonds. The van der Waals surface area contributed by atoms with Crippen LogP contribution in [0.2, 0.25) is 0 Å². The SMILES string of the molecule is c1ccc2c(C[C@@H]3CCCN3)c[nH]c2c1. The highest BCUT2D eigenvalue weighted by Crippen LogP contribution is 2.21. The van der Waals surface area contributed by atoms with Crippen molar-refractivity contribution in [2.45, 2.75) is 25.3 Å². The van der Waals surface area contributed by atoms with Crippen LogP contribution >= 0.6 is 0 Å². The van der Waals surface area contributed by atoms with Crippen LogP contribution in [0.5, 0.6) is 0 Å². The molecule has 2 aromatic rings. The van der Waals surface area contributed by atoms with Gasteiger partial charge in [-0.25, -0.2) is 0 Å². The summed E-state index contributed by atoms with van der Waals surface area (Å²) in [6.45, 7) is 1.19. The monoisotopic (exact) mass is 200 g/mol. The van der Waals surface area contributed by atoms with Crippen molar-refractivity contribution < 1.29 is 0 Å². The van der Waals surface area contributed by atoms with Gasteiger partial charge in [-0.3, -0.25) is 0 Å². The van der Waals surface area contributed by atoms with E-state index in [2.05, 4.69) is 40.8 Å². The highest BCUT2D eigenvalue weighted by molar-refractivity contribution is 5.83. The molecule has 78 valence electrons. The fourth-order valence-electron chi connectivity index (χ4n) is 2.50. The number of hydrogen-bond acceptors (Lipinski definition) is 1. The first-order valence-electron chi connectivity index (χ1n) is 5.72. The number of nitrogens with one attached hydrogen (secondary N) is 2. The zero-order valence-electron chi connectivity index (χ0n) is 8.79. The average molecular weight is 200 g/mol. The Balaban J connectivity index is 1.90. The molecular weight excluding hydrogens is 184 g/mol. The lowest BCUT2D eigenvalue weighted by Gasteiger charge is -2.08. The Morgan fingerprint density at radius 3 is 3.07 bits per heavy atom. The maximum atomic E-state index is 3.55. The van der Waals surface area contributed by atoms with Crippen LogP contribution in [0, 0.1) is 0 Å². The zero-order valence-corrected chi connectivity index (χ0v) is 8.79. The maximum Gasteiger partial charge on any atom is 0.0456 e. The van der Waals surface area contributed by atoms with Gasteiger partial charge in [-0.2, -0.15) is 0 Å². The van der Waals surface area contributed by atoms with E-state index in [0.717, 1.165) is 6.42 Å². The summed E-state index contributed by atoms with van der Waals surface area (Å²) < 4.78 is 0. The summed E-state index contributed by atoms with van der Waals surface area (Å²) in [5, 5.41) is 4.93. The Morgan fingerprint density at radius 2 is 2.20 bits per heavy atom. The van der Waals surface area contributed by atoms with Crippen LogP contribution in [-0.2, 0) is 6.42 Å². The summed E-state index contributed by atoms with van der Waals surface area (Å²) in [7, 11) is 0. The average Bonchev–Trinajstić information content (AvgIpc) is 2.89. The number of aromatic nitrogens is 1. The number of hydrogen-bond donors (Lipinski definition) is 2. The molecule has 0 unspecified atom stereocenters. The van der Waals surface area contributed by atoms with Gasteiger partial charge < -0.3 is 10.3 Å². The van der Waals surface area contributed by atoms with Crippen LogP contribution in [0.1, 0.15) is 18.4 Å². The zero-order chi connectivity index (χ0) is 10.1. The molecule has 0 spiro atoms. The molecule has 15 heavy (non-hydrogen) atoms. The van der Waals surface area contributed by atoms with E-state index in [1.165, 1.54) is 35.9 Å². The van der Waals surface area contributed by atoms with Gasteiger partial charge in [0.25, 0.3) is 0 Å². The molecule has 0 radical (unpaired) electrons. The van der Waals surface area contributed by atoms with Crippen LogP contribution in [0.3, 0.4) is 0 Å². The Hall–Kier alpha value is -1.28.